The van der Waals surface area contributed by atoms with Gasteiger partial charge in [-0.1, -0.05) is 50.3 Å². The standard InChI is InChI=1S/C13H15N/c1-11(2)13(9-6-10-14)12-7-4-3-5-8-12/h3-9,11,13H,1-2H3/b9-6-/t13-/m1/s1. The summed E-state index contributed by atoms with van der Waals surface area (Å²) in [4.78, 5) is 0. The van der Waals surface area contributed by atoms with E-state index in [4.69, 9.17) is 5.26 Å². The Labute approximate surface area is 85.7 Å². The Morgan fingerprint density at radius 3 is 2.36 bits per heavy atom. The van der Waals surface area contributed by atoms with Crippen molar-refractivity contribution in [3.63, 3.8) is 0 Å². The van der Waals surface area contributed by atoms with E-state index in [1.807, 2.05) is 30.3 Å². The molecule has 0 aromatic heterocycles. The van der Waals surface area contributed by atoms with Crippen molar-refractivity contribution in [1.29, 1.82) is 5.26 Å². The van der Waals surface area contributed by atoms with E-state index in [1.54, 1.807) is 6.08 Å². The van der Waals surface area contributed by atoms with Crippen LogP contribution in [-0.4, -0.2) is 0 Å². The van der Waals surface area contributed by atoms with Crippen LogP contribution in [0.15, 0.2) is 42.5 Å². The lowest BCUT2D eigenvalue weighted by Gasteiger charge is -2.16. The fourth-order valence-electron chi connectivity index (χ4n) is 1.54. The van der Waals surface area contributed by atoms with Gasteiger partial charge in [0.1, 0.15) is 0 Å². The van der Waals surface area contributed by atoms with E-state index in [2.05, 4.69) is 26.0 Å². The van der Waals surface area contributed by atoms with Crippen molar-refractivity contribution < 1.29 is 0 Å². The predicted octanol–water partition coefficient (Wildman–Crippen LogP) is 3.51. The van der Waals surface area contributed by atoms with E-state index in [0.717, 1.165) is 0 Å². The monoisotopic (exact) mass is 185 g/mol. The predicted molar refractivity (Wildman–Crippen MR) is 58.8 cm³/mol. The molecule has 1 heteroatoms. The Morgan fingerprint density at radius 2 is 1.86 bits per heavy atom. The SMILES string of the molecule is CC(C)[C@@H](/C=C\C#N)c1ccccc1. The molecule has 0 aliphatic rings. The third kappa shape index (κ3) is 2.74. The highest BCUT2D eigenvalue weighted by molar-refractivity contribution is 5.25. The van der Waals surface area contributed by atoms with Crippen LogP contribution < -0.4 is 0 Å². The van der Waals surface area contributed by atoms with E-state index < -0.39 is 0 Å². The van der Waals surface area contributed by atoms with Crippen LogP contribution in [0.3, 0.4) is 0 Å². The molecular formula is C13H15N. The molecule has 0 amide bonds. The fourth-order valence-corrected chi connectivity index (χ4v) is 1.54. The molecule has 0 aliphatic heterocycles. The second-order valence-electron chi connectivity index (χ2n) is 3.67. The summed E-state index contributed by atoms with van der Waals surface area (Å²) in [5, 5.41) is 8.51. The topological polar surface area (TPSA) is 23.8 Å². The molecule has 0 saturated heterocycles. The highest BCUT2D eigenvalue weighted by atomic mass is 14.2. The zero-order valence-corrected chi connectivity index (χ0v) is 8.64. The van der Waals surface area contributed by atoms with Gasteiger partial charge in [-0.05, 0) is 11.5 Å². The summed E-state index contributed by atoms with van der Waals surface area (Å²) < 4.78 is 0. The number of hydrogen-bond donors (Lipinski definition) is 0. The first-order valence-electron chi connectivity index (χ1n) is 4.87. The molecule has 1 aromatic carbocycles. The van der Waals surface area contributed by atoms with Crippen molar-refractivity contribution in [1.82, 2.24) is 0 Å². The fraction of sp³-hybridized carbons (Fsp3) is 0.308. The normalized spacial score (nSPS) is 13.0. The smallest absolute Gasteiger partial charge is 0.0908 e. The van der Waals surface area contributed by atoms with Gasteiger partial charge in [0.15, 0.2) is 0 Å². The maximum absolute atomic E-state index is 8.51. The summed E-state index contributed by atoms with van der Waals surface area (Å²) in [6.45, 7) is 4.33. The van der Waals surface area contributed by atoms with Crippen molar-refractivity contribution in [2.45, 2.75) is 19.8 Å². The molecule has 0 saturated carbocycles. The first-order valence-corrected chi connectivity index (χ1v) is 4.87. The minimum Gasteiger partial charge on any atom is -0.193 e. The highest BCUT2D eigenvalue weighted by Gasteiger charge is 2.11. The molecule has 0 fully saturated rings. The number of nitrogens with zero attached hydrogens (tertiary/aromatic N) is 1. The lowest BCUT2D eigenvalue weighted by molar-refractivity contribution is 0.578. The van der Waals surface area contributed by atoms with Gasteiger partial charge in [-0.2, -0.15) is 5.26 Å². The van der Waals surface area contributed by atoms with E-state index in [1.165, 1.54) is 5.56 Å². The molecule has 0 spiro atoms. The molecule has 1 nitrogen and oxygen atoms in total. The van der Waals surface area contributed by atoms with Gasteiger partial charge >= 0.3 is 0 Å². The van der Waals surface area contributed by atoms with Gasteiger partial charge in [0.25, 0.3) is 0 Å². The minimum absolute atomic E-state index is 0.343. The highest BCUT2D eigenvalue weighted by Crippen LogP contribution is 2.25. The molecule has 1 aromatic rings. The van der Waals surface area contributed by atoms with Gasteiger partial charge in [0.2, 0.25) is 0 Å². The molecule has 72 valence electrons. The average Bonchev–Trinajstić information content (AvgIpc) is 2.19. The van der Waals surface area contributed by atoms with E-state index in [0.29, 0.717) is 11.8 Å². The van der Waals surface area contributed by atoms with Crippen LogP contribution in [0.5, 0.6) is 0 Å². The summed E-state index contributed by atoms with van der Waals surface area (Å²) in [5.74, 6) is 0.859. The van der Waals surface area contributed by atoms with E-state index in [9.17, 15) is 0 Å². The average molecular weight is 185 g/mol. The molecule has 1 rings (SSSR count). The van der Waals surface area contributed by atoms with Crippen LogP contribution in [-0.2, 0) is 0 Å². The lowest BCUT2D eigenvalue weighted by atomic mass is 9.88. The van der Waals surface area contributed by atoms with Crippen LogP contribution >= 0.6 is 0 Å². The summed E-state index contributed by atoms with van der Waals surface area (Å²) in [6.07, 6.45) is 3.54. The second-order valence-corrected chi connectivity index (χ2v) is 3.67. The largest absolute Gasteiger partial charge is 0.193 e. The Kier molecular flexibility index (Phi) is 3.94. The third-order valence-corrected chi connectivity index (χ3v) is 2.28. The maximum atomic E-state index is 8.51. The zero-order chi connectivity index (χ0) is 10.4. The molecule has 14 heavy (non-hydrogen) atoms. The van der Waals surface area contributed by atoms with Gasteiger partial charge in [-0.15, -0.1) is 0 Å². The van der Waals surface area contributed by atoms with Crippen LogP contribution in [0, 0.1) is 17.2 Å². The van der Waals surface area contributed by atoms with E-state index in [-0.39, 0.29) is 0 Å². The molecule has 0 unspecified atom stereocenters. The molecular weight excluding hydrogens is 170 g/mol. The Balaban J connectivity index is 2.90. The van der Waals surface area contributed by atoms with Crippen molar-refractivity contribution in [2.75, 3.05) is 0 Å². The summed E-state index contributed by atoms with van der Waals surface area (Å²) >= 11 is 0. The van der Waals surface area contributed by atoms with Crippen molar-refractivity contribution >= 4 is 0 Å². The van der Waals surface area contributed by atoms with Gasteiger partial charge in [-0.3, -0.25) is 0 Å². The quantitative estimate of drug-likeness (QED) is 0.661. The number of hydrogen-bond acceptors (Lipinski definition) is 1. The minimum atomic E-state index is 0.343. The van der Waals surface area contributed by atoms with Crippen LogP contribution in [0.25, 0.3) is 0 Å². The third-order valence-electron chi connectivity index (χ3n) is 2.28. The first kappa shape index (κ1) is 10.5. The van der Waals surface area contributed by atoms with Crippen LogP contribution in [0.1, 0.15) is 25.3 Å². The lowest BCUT2D eigenvalue weighted by Crippen LogP contribution is -2.03. The summed E-state index contributed by atoms with van der Waals surface area (Å²) in [6, 6.07) is 12.3. The molecule has 0 N–H and O–H groups in total. The number of nitriles is 1. The maximum Gasteiger partial charge on any atom is 0.0908 e. The summed E-state index contributed by atoms with van der Waals surface area (Å²) in [7, 11) is 0. The first-order chi connectivity index (χ1) is 6.75. The Hall–Kier alpha value is -1.55. The van der Waals surface area contributed by atoms with Gasteiger partial charge in [0.05, 0.1) is 6.07 Å². The number of rotatable bonds is 3. The molecule has 0 aliphatic carbocycles. The van der Waals surface area contributed by atoms with Gasteiger partial charge < -0.3 is 0 Å². The van der Waals surface area contributed by atoms with Crippen molar-refractivity contribution in [2.24, 2.45) is 5.92 Å². The second kappa shape index (κ2) is 5.24. The summed E-state index contributed by atoms with van der Waals surface area (Å²) in [5.41, 5.74) is 1.27. The van der Waals surface area contributed by atoms with Gasteiger partial charge in [-0.25, -0.2) is 0 Å². The molecule has 1 atom stereocenters. The molecule has 0 bridgehead atoms. The zero-order valence-electron chi connectivity index (χ0n) is 8.64. The van der Waals surface area contributed by atoms with Crippen LogP contribution in [0.4, 0.5) is 0 Å². The van der Waals surface area contributed by atoms with Gasteiger partial charge in [0, 0.05) is 12.0 Å². The van der Waals surface area contributed by atoms with Crippen LogP contribution in [0.2, 0.25) is 0 Å². The molecule has 0 radical (unpaired) electrons. The Bertz CT molecular complexity index is 330. The molecule has 0 heterocycles. The van der Waals surface area contributed by atoms with Crippen molar-refractivity contribution in [3.05, 3.63) is 48.0 Å². The van der Waals surface area contributed by atoms with Crippen molar-refractivity contribution in [3.8, 4) is 6.07 Å². The Morgan fingerprint density at radius 1 is 1.21 bits per heavy atom. The van der Waals surface area contributed by atoms with E-state index >= 15 is 0 Å². The number of benzene rings is 1. The number of allylic oxidation sites excluding steroid dienone is 2.